The Morgan fingerprint density at radius 3 is 2.45 bits per heavy atom. The van der Waals surface area contributed by atoms with Crippen molar-refractivity contribution >= 4 is 35.1 Å². The Morgan fingerprint density at radius 2 is 1.81 bits per heavy atom. The van der Waals surface area contributed by atoms with Crippen molar-refractivity contribution < 1.29 is 18.0 Å². The van der Waals surface area contributed by atoms with Crippen LogP contribution in [-0.2, 0) is 6.18 Å². The standard InChI is InChI=1S/C20H24ClF3N6O/c1-30(2)17-9-10-25-18(29-17)26-13-4-6-14(7-5-13)27-19(31)28-16-8-3-12(21)11-15(16)20(22,23)24/h3,8-11,13-14H,4-7H2,1-2H3,(H,25,26,29)(H2,27,28,31). The van der Waals surface area contributed by atoms with E-state index in [1.54, 1.807) is 6.20 Å². The van der Waals surface area contributed by atoms with Gasteiger partial charge in [0.25, 0.3) is 0 Å². The van der Waals surface area contributed by atoms with Gasteiger partial charge in [-0.25, -0.2) is 9.78 Å². The minimum Gasteiger partial charge on any atom is -0.363 e. The monoisotopic (exact) mass is 456 g/mol. The van der Waals surface area contributed by atoms with Crippen LogP contribution in [0.4, 0.5) is 35.4 Å². The van der Waals surface area contributed by atoms with Crippen LogP contribution in [0, 0.1) is 0 Å². The number of rotatable bonds is 5. The van der Waals surface area contributed by atoms with E-state index in [0.717, 1.165) is 30.8 Å². The number of urea groups is 1. The minimum absolute atomic E-state index is 0.0517. The number of hydrogen-bond donors (Lipinski definition) is 3. The van der Waals surface area contributed by atoms with E-state index in [4.69, 9.17) is 11.6 Å². The molecule has 0 unspecified atom stereocenters. The molecule has 1 aromatic heterocycles. The normalized spacial score (nSPS) is 18.9. The number of aromatic nitrogens is 2. The minimum atomic E-state index is -4.62. The van der Waals surface area contributed by atoms with Crippen molar-refractivity contribution in [3.8, 4) is 0 Å². The maximum Gasteiger partial charge on any atom is 0.418 e. The highest BCUT2D eigenvalue weighted by molar-refractivity contribution is 6.30. The summed E-state index contributed by atoms with van der Waals surface area (Å²) in [5.41, 5.74) is -1.31. The van der Waals surface area contributed by atoms with Gasteiger partial charge in [0.05, 0.1) is 11.3 Å². The third kappa shape index (κ3) is 6.36. The van der Waals surface area contributed by atoms with Crippen LogP contribution in [0.2, 0.25) is 5.02 Å². The zero-order valence-corrected chi connectivity index (χ0v) is 17.9. The first-order valence-electron chi connectivity index (χ1n) is 9.83. The van der Waals surface area contributed by atoms with Crippen molar-refractivity contribution in [3.63, 3.8) is 0 Å². The maximum atomic E-state index is 13.2. The summed E-state index contributed by atoms with van der Waals surface area (Å²) in [6, 6.07) is 4.41. The van der Waals surface area contributed by atoms with Gasteiger partial charge in [-0.1, -0.05) is 11.6 Å². The Morgan fingerprint density at radius 1 is 1.13 bits per heavy atom. The Hall–Kier alpha value is -2.75. The van der Waals surface area contributed by atoms with Gasteiger partial charge >= 0.3 is 12.2 Å². The van der Waals surface area contributed by atoms with Crippen molar-refractivity contribution in [2.24, 2.45) is 0 Å². The predicted molar refractivity (Wildman–Crippen MR) is 115 cm³/mol. The number of halogens is 4. The van der Waals surface area contributed by atoms with Gasteiger partial charge in [0.15, 0.2) is 0 Å². The molecule has 1 aliphatic carbocycles. The molecule has 0 saturated heterocycles. The third-order valence-corrected chi connectivity index (χ3v) is 5.27. The number of amides is 2. The van der Waals surface area contributed by atoms with Crippen molar-refractivity contribution in [1.29, 1.82) is 0 Å². The number of benzene rings is 1. The fourth-order valence-electron chi connectivity index (χ4n) is 3.44. The molecule has 0 radical (unpaired) electrons. The Bertz CT molecular complexity index is 916. The second kappa shape index (κ2) is 9.59. The summed E-state index contributed by atoms with van der Waals surface area (Å²) >= 11 is 5.67. The number of nitrogens with one attached hydrogen (secondary N) is 3. The van der Waals surface area contributed by atoms with E-state index in [-0.39, 0.29) is 22.8 Å². The molecule has 0 atom stereocenters. The van der Waals surface area contributed by atoms with Crippen molar-refractivity contribution in [3.05, 3.63) is 41.0 Å². The summed E-state index contributed by atoms with van der Waals surface area (Å²) in [6.45, 7) is 0. The molecule has 3 N–H and O–H groups in total. The van der Waals surface area contributed by atoms with E-state index in [1.165, 1.54) is 6.07 Å². The average molecular weight is 457 g/mol. The summed E-state index contributed by atoms with van der Waals surface area (Å²) in [4.78, 5) is 22.8. The van der Waals surface area contributed by atoms with Gasteiger partial charge in [0.2, 0.25) is 5.95 Å². The summed E-state index contributed by atoms with van der Waals surface area (Å²) < 4.78 is 39.5. The number of hydrogen-bond acceptors (Lipinski definition) is 5. The first kappa shape index (κ1) is 22.9. The van der Waals surface area contributed by atoms with Crippen LogP contribution in [0.25, 0.3) is 0 Å². The molecule has 2 amide bonds. The molecule has 168 valence electrons. The van der Waals surface area contributed by atoms with E-state index >= 15 is 0 Å². The molecule has 1 fully saturated rings. The van der Waals surface area contributed by atoms with Crippen LogP contribution in [0.1, 0.15) is 31.2 Å². The summed E-state index contributed by atoms with van der Waals surface area (Å²) in [6.07, 6.45) is -0.0156. The van der Waals surface area contributed by atoms with Crippen molar-refractivity contribution in [2.75, 3.05) is 29.6 Å². The zero-order valence-electron chi connectivity index (χ0n) is 17.1. The molecule has 31 heavy (non-hydrogen) atoms. The Labute approximate surface area is 183 Å². The van der Waals surface area contributed by atoms with Crippen LogP contribution in [0.3, 0.4) is 0 Å². The number of carbonyl (C=O) groups is 1. The number of nitrogens with zero attached hydrogens (tertiary/aromatic N) is 3. The van der Waals surface area contributed by atoms with Gasteiger partial charge in [-0.05, 0) is 49.9 Å². The summed E-state index contributed by atoms with van der Waals surface area (Å²) in [7, 11) is 3.80. The van der Waals surface area contributed by atoms with E-state index in [2.05, 4.69) is 25.9 Å². The quantitative estimate of drug-likeness (QED) is 0.604. The fraction of sp³-hybridized carbons (Fsp3) is 0.450. The lowest BCUT2D eigenvalue weighted by molar-refractivity contribution is -0.136. The molecular weight excluding hydrogens is 433 g/mol. The lowest BCUT2D eigenvalue weighted by Crippen LogP contribution is -2.42. The lowest BCUT2D eigenvalue weighted by Gasteiger charge is -2.30. The van der Waals surface area contributed by atoms with Gasteiger partial charge in [0, 0.05) is 37.4 Å². The number of carbonyl (C=O) groups excluding carboxylic acids is 1. The molecule has 0 bridgehead atoms. The van der Waals surface area contributed by atoms with E-state index < -0.39 is 17.8 Å². The van der Waals surface area contributed by atoms with E-state index in [9.17, 15) is 18.0 Å². The highest BCUT2D eigenvalue weighted by Gasteiger charge is 2.34. The highest BCUT2D eigenvalue weighted by Crippen LogP contribution is 2.36. The molecular formula is C20H24ClF3N6O. The molecule has 7 nitrogen and oxygen atoms in total. The Kier molecular flexibility index (Phi) is 7.09. The van der Waals surface area contributed by atoms with Crippen LogP contribution >= 0.6 is 11.6 Å². The lowest BCUT2D eigenvalue weighted by atomic mass is 9.91. The second-order valence-corrected chi connectivity index (χ2v) is 8.05. The number of anilines is 3. The van der Waals surface area contributed by atoms with Crippen LogP contribution in [0.5, 0.6) is 0 Å². The Balaban J connectivity index is 1.51. The molecule has 2 aromatic rings. The van der Waals surface area contributed by atoms with Gasteiger partial charge in [0.1, 0.15) is 5.82 Å². The molecule has 1 heterocycles. The second-order valence-electron chi connectivity index (χ2n) is 7.61. The zero-order chi connectivity index (χ0) is 22.6. The summed E-state index contributed by atoms with van der Waals surface area (Å²) in [5.74, 6) is 1.34. The van der Waals surface area contributed by atoms with Crippen LogP contribution < -0.4 is 20.9 Å². The molecule has 0 aliphatic heterocycles. The van der Waals surface area contributed by atoms with Crippen LogP contribution in [-0.4, -0.2) is 42.2 Å². The fourth-order valence-corrected chi connectivity index (χ4v) is 3.61. The largest absolute Gasteiger partial charge is 0.418 e. The van der Waals surface area contributed by atoms with Gasteiger partial charge in [-0.2, -0.15) is 18.2 Å². The van der Waals surface area contributed by atoms with Gasteiger partial charge in [-0.3, -0.25) is 0 Å². The number of alkyl halides is 3. The third-order valence-electron chi connectivity index (χ3n) is 5.03. The smallest absolute Gasteiger partial charge is 0.363 e. The van der Waals surface area contributed by atoms with E-state index in [0.29, 0.717) is 18.8 Å². The molecule has 11 heteroatoms. The van der Waals surface area contributed by atoms with E-state index in [1.807, 2.05) is 25.1 Å². The van der Waals surface area contributed by atoms with Crippen molar-refractivity contribution in [1.82, 2.24) is 15.3 Å². The summed E-state index contributed by atoms with van der Waals surface area (Å²) in [5, 5.41) is 8.30. The van der Waals surface area contributed by atoms with Gasteiger partial charge < -0.3 is 20.9 Å². The molecule has 0 spiro atoms. The van der Waals surface area contributed by atoms with Gasteiger partial charge in [-0.15, -0.1) is 0 Å². The predicted octanol–water partition coefficient (Wildman–Crippen LogP) is 4.76. The average Bonchev–Trinajstić information content (AvgIpc) is 2.70. The molecule has 1 aromatic carbocycles. The van der Waals surface area contributed by atoms with Crippen LogP contribution in [0.15, 0.2) is 30.5 Å². The highest BCUT2D eigenvalue weighted by atomic mass is 35.5. The first-order chi connectivity index (χ1) is 14.6. The first-order valence-corrected chi connectivity index (χ1v) is 10.2. The molecule has 1 aliphatic rings. The molecule has 3 rings (SSSR count). The topological polar surface area (TPSA) is 82.2 Å². The van der Waals surface area contributed by atoms with Crippen molar-refractivity contribution in [2.45, 2.75) is 43.9 Å². The SMILES string of the molecule is CN(C)c1ccnc(NC2CCC(NC(=O)Nc3ccc(Cl)cc3C(F)(F)F)CC2)n1. The molecule has 1 saturated carbocycles. The maximum absolute atomic E-state index is 13.2.